The average Bonchev–Trinajstić information content (AvgIpc) is 2.25. The number of hydrogen-bond donors (Lipinski definition) is 0. The predicted molar refractivity (Wildman–Crippen MR) is 67.7 cm³/mol. The maximum atomic E-state index is 11.7. The average molecular weight is 290 g/mol. The lowest BCUT2D eigenvalue weighted by atomic mass is 10.1. The molecule has 1 aromatic carbocycles. The van der Waals surface area contributed by atoms with Crippen molar-refractivity contribution in [3.05, 3.63) is 34.3 Å². The number of unbranched alkanes of at least 4 members (excludes halogenated alkanes) is 2. The highest BCUT2D eigenvalue weighted by Gasteiger charge is 2.04. The molecule has 0 spiro atoms. The fraction of sp³-hybridized carbons (Fsp3) is 0.417. The van der Waals surface area contributed by atoms with Crippen LogP contribution < -0.4 is 0 Å². The highest BCUT2D eigenvalue weighted by Crippen LogP contribution is 2.13. The number of carbonyl (C=O) groups is 1. The Hall–Kier alpha value is -0.340. The summed E-state index contributed by atoms with van der Waals surface area (Å²) in [6, 6.07) is 7.50. The minimum absolute atomic E-state index is 0.220. The zero-order valence-corrected chi connectivity index (χ0v) is 10.9. The Bertz CT molecular complexity index is 308. The maximum Gasteiger partial charge on any atom is 0.162 e. The SMILES string of the molecule is O=C(CCCCCCl)c1ccc(Br)cc1. The molecule has 0 aliphatic heterocycles. The van der Waals surface area contributed by atoms with Crippen LogP contribution in [0.4, 0.5) is 0 Å². The maximum absolute atomic E-state index is 11.7. The Balaban J connectivity index is 2.37. The van der Waals surface area contributed by atoms with Gasteiger partial charge in [-0.15, -0.1) is 11.6 Å². The summed E-state index contributed by atoms with van der Waals surface area (Å²) in [5.41, 5.74) is 0.795. The molecule has 0 N–H and O–H groups in total. The lowest BCUT2D eigenvalue weighted by Crippen LogP contribution is -1.98. The first-order chi connectivity index (χ1) is 7.24. The molecule has 0 amide bonds. The molecule has 0 saturated carbocycles. The molecule has 0 aliphatic rings. The number of halogens is 2. The van der Waals surface area contributed by atoms with Gasteiger partial charge in [-0.1, -0.05) is 34.5 Å². The molecule has 0 atom stereocenters. The predicted octanol–water partition coefficient (Wildman–Crippen LogP) is 4.43. The second kappa shape index (κ2) is 7.02. The minimum Gasteiger partial charge on any atom is -0.294 e. The van der Waals surface area contributed by atoms with Gasteiger partial charge in [0.05, 0.1) is 0 Å². The first-order valence-corrected chi connectivity index (χ1v) is 6.41. The summed E-state index contributed by atoms with van der Waals surface area (Å²) >= 11 is 8.90. The van der Waals surface area contributed by atoms with Gasteiger partial charge >= 0.3 is 0 Å². The summed E-state index contributed by atoms with van der Waals surface area (Å²) in [7, 11) is 0. The first-order valence-electron chi connectivity index (χ1n) is 5.09. The van der Waals surface area contributed by atoms with Gasteiger partial charge < -0.3 is 0 Å². The lowest BCUT2D eigenvalue weighted by molar-refractivity contribution is 0.0979. The van der Waals surface area contributed by atoms with E-state index in [2.05, 4.69) is 15.9 Å². The summed E-state index contributed by atoms with van der Waals surface area (Å²) in [4.78, 5) is 11.7. The zero-order valence-electron chi connectivity index (χ0n) is 8.51. The lowest BCUT2D eigenvalue weighted by Gasteiger charge is -2.00. The molecule has 0 saturated heterocycles. The van der Waals surface area contributed by atoms with E-state index in [0.717, 1.165) is 29.3 Å². The van der Waals surface area contributed by atoms with Gasteiger partial charge in [0.25, 0.3) is 0 Å². The zero-order chi connectivity index (χ0) is 11.1. The van der Waals surface area contributed by atoms with Crippen molar-refractivity contribution in [3.63, 3.8) is 0 Å². The quantitative estimate of drug-likeness (QED) is 0.430. The molecule has 3 heteroatoms. The molecule has 1 nitrogen and oxygen atoms in total. The third-order valence-corrected chi connectivity index (χ3v) is 3.00. The van der Waals surface area contributed by atoms with E-state index in [1.54, 1.807) is 0 Å². The summed E-state index contributed by atoms with van der Waals surface area (Å²) in [6.07, 6.45) is 3.58. The van der Waals surface area contributed by atoms with Gasteiger partial charge in [-0.05, 0) is 25.0 Å². The van der Waals surface area contributed by atoms with Gasteiger partial charge in [-0.25, -0.2) is 0 Å². The molecule has 0 unspecified atom stereocenters. The van der Waals surface area contributed by atoms with Crippen LogP contribution in [0.25, 0.3) is 0 Å². The largest absolute Gasteiger partial charge is 0.294 e. The molecule has 0 fully saturated rings. The fourth-order valence-electron chi connectivity index (χ4n) is 1.34. The molecule has 0 heterocycles. The van der Waals surface area contributed by atoms with E-state index < -0.39 is 0 Å². The Morgan fingerprint density at radius 1 is 1.13 bits per heavy atom. The number of hydrogen-bond acceptors (Lipinski definition) is 1. The van der Waals surface area contributed by atoms with E-state index in [1.807, 2.05) is 24.3 Å². The van der Waals surface area contributed by atoms with E-state index in [0.29, 0.717) is 12.3 Å². The summed E-state index contributed by atoms with van der Waals surface area (Å²) in [6.45, 7) is 0. The van der Waals surface area contributed by atoms with Crippen LogP contribution in [0.15, 0.2) is 28.7 Å². The first kappa shape index (κ1) is 12.7. The molecular weight excluding hydrogens is 275 g/mol. The molecule has 0 radical (unpaired) electrons. The number of ketones is 1. The second-order valence-electron chi connectivity index (χ2n) is 3.43. The van der Waals surface area contributed by atoms with E-state index in [1.165, 1.54) is 0 Å². The summed E-state index contributed by atoms with van der Waals surface area (Å²) in [5.74, 6) is 0.906. The van der Waals surface area contributed by atoms with E-state index >= 15 is 0 Å². The van der Waals surface area contributed by atoms with Crippen LogP contribution in [0, 0.1) is 0 Å². The number of benzene rings is 1. The van der Waals surface area contributed by atoms with Gasteiger partial charge in [-0.3, -0.25) is 4.79 Å². The highest BCUT2D eigenvalue weighted by atomic mass is 79.9. The summed E-state index contributed by atoms with van der Waals surface area (Å²) in [5, 5.41) is 0. The van der Waals surface area contributed by atoms with Crippen LogP contribution in [0.5, 0.6) is 0 Å². The monoisotopic (exact) mass is 288 g/mol. The van der Waals surface area contributed by atoms with Crippen molar-refractivity contribution in [1.29, 1.82) is 0 Å². The third-order valence-electron chi connectivity index (χ3n) is 2.20. The molecule has 0 bridgehead atoms. The van der Waals surface area contributed by atoms with Crippen LogP contribution in [0.2, 0.25) is 0 Å². The minimum atomic E-state index is 0.220. The van der Waals surface area contributed by atoms with Crippen molar-refractivity contribution in [3.8, 4) is 0 Å². The van der Waals surface area contributed by atoms with Crippen molar-refractivity contribution in [2.45, 2.75) is 25.7 Å². The van der Waals surface area contributed by atoms with Gasteiger partial charge in [0.2, 0.25) is 0 Å². The molecule has 82 valence electrons. The highest BCUT2D eigenvalue weighted by molar-refractivity contribution is 9.10. The number of alkyl halides is 1. The van der Waals surface area contributed by atoms with Crippen molar-refractivity contribution >= 4 is 33.3 Å². The van der Waals surface area contributed by atoms with E-state index in [4.69, 9.17) is 11.6 Å². The van der Waals surface area contributed by atoms with Crippen molar-refractivity contribution in [1.82, 2.24) is 0 Å². The van der Waals surface area contributed by atoms with Crippen molar-refractivity contribution in [2.24, 2.45) is 0 Å². The molecule has 0 aromatic heterocycles. The van der Waals surface area contributed by atoms with E-state index in [9.17, 15) is 4.79 Å². The van der Waals surface area contributed by atoms with Crippen LogP contribution in [-0.2, 0) is 0 Å². The molecule has 1 rings (SSSR count). The third kappa shape index (κ3) is 4.80. The standard InChI is InChI=1S/C12H14BrClO/c13-11-7-5-10(6-8-11)12(15)4-2-1-3-9-14/h5-8H,1-4,9H2. The fourth-order valence-corrected chi connectivity index (χ4v) is 1.79. The van der Waals surface area contributed by atoms with Crippen molar-refractivity contribution in [2.75, 3.05) is 5.88 Å². The number of rotatable bonds is 6. The number of carbonyl (C=O) groups excluding carboxylic acids is 1. The van der Waals surface area contributed by atoms with Crippen molar-refractivity contribution < 1.29 is 4.79 Å². The van der Waals surface area contributed by atoms with Crippen LogP contribution in [-0.4, -0.2) is 11.7 Å². The van der Waals surface area contributed by atoms with Crippen LogP contribution in [0.3, 0.4) is 0 Å². The Labute approximate surface area is 104 Å². The van der Waals surface area contributed by atoms with Gasteiger partial charge in [-0.2, -0.15) is 0 Å². The van der Waals surface area contributed by atoms with Crippen LogP contribution >= 0.6 is 27.5 Å². The topological polar surface area (TPSA) is 17.1 Å². The number of Topliss-reactive ketones (excluding diaryl/α,β-unsaturated/α-hetero) is 1. The van der Waals surface area contributed by atoms with Gasteiger partial charge in [0.1, 0.15) is 0 Å². The smallest absolute Gasteiger partial charge is 0.162 e. The Morgan fingerprint density at radius 2 is 1.80 bits per heavy atom. The molecule has 1 aromatic rings. The van der Waals surface area contributed by atoms with Gasteiger partial charge in [0.15, 0.2) is 5.78 Å². The van der Waals surface area contributed by atoms with E-state index in [-0.39, 0.29) is 5.78 Å². The molecule has 0 aliphatic carbocycles. The Morgan fingerprint density at radius 3 is 2.40 bits per heavy atom. The molecular formula is C12H14BrClO. The van der Waals surface area contributed by atoms with Gasteiger partial charge in [0, 0.05) is 22.3 Å². The second-order valence-corrected chi connectivity index (χ2v) is 4.72. The molecule has 15 heavy (non-hydrogen) atoms. The Kier molecular flexibility index (Phi) is 5.96. The summed E-state index contributed by atoms with van der Waals surface area (Å²) < 4.78 is 1.00. The van der Waals surface area contributed by atoms with Crippen LogP contribution in [0.1, 0.15) is 36.0 Å². The normalized spacial score (nSPS) is 10.3.